The van der Waals surface area contributed by atoms with E-state index in [-0.39, 0.29) is 29.8 Å². The molecule has 0 N–H and O–H groups in total. The van der Waals surface area contributed by atoms with Gasteiger partial charge in [0.2, 0.25) is 0 Å². The summed E-state index contributed by atoms with van der Waals surface area (Å²) in [7, 11) is 0. The van der Waals surface area contributed by atoms with Gasteiger partial charge in [-0.25, -0.2) is 0 Å². The van der Waals surface area contributed by atoms with Crippen LogP contribution in [0.2, 0.25) is 0 Å². The molecule has 2 fully saturated rings. The predicted octanol–water partition coefficient (Wildman–Crippen LogP) is 2.63. The highest BCUT2D eigenvalue weighted by atomic mass is 16.6. The summed E-state index contributed by atoms with van der Waals surface area (Å²) in [4.78, 5) is 0. The lowest BCUT2D eigenvalue weighted by Crippen LogP contribution is -2.39. The molecule has 1 saturated heterocycles. The van der Waals surface area contributed by atoms with Crippen LogP contribution < -0.4 is 0 Å². The van der Waals surface area contributed by atoms with E-state index in [0.29, 0.717) is 5.92 Å². The molecule has 0 unspecified atom stereocenters. The van der Waals surface area contributed by atoms with E-state index in [4.69, 9.17) is 14.2 Å². The summed E-state index contributed by atoms with van der Waals surface area (Å²) >= 11 is 0. The number of hydrogen-bond acceptors (Lipinski definition) is 3. The maximum Gasteiger partial charge on any atom is 0.0943 e. The molecule has 1 saturated carbocycles. The number of fused-ring (bicyclic) bond motifs is 2. The van der Waals surface area contributed by atoms with Crippen molar-refractivity contribution >= 4 is 0 Å². The third kappa shape index (κ3) is 2.51. The first kappa shape index (κ1) is 13.3. The van der Waals surface area contributed by atoms with Crippen LogP contribution in [0.25, 0.3) is 0 Å². The quantitative estimate of drug-likeness (QED) is 0.741. The standard InChI is InChI=1S/C14H26O3/c1-9(2)15-7-14-6-11(5)12(16-8-14)13(14)17-10(3)4/h9-13H,6-8H2,1-5H3/t11-,12+,13+,14-/m1/s1. The first-order valence-electron chi connectivity index (χ1n) is 6.83. The number of hydrogen-bond donors (Lipinski definition) is 0. The first-order valence-corrected chi connectivity index (χ1v) is 6.83. The lowest BCUT2D eigenvalue weighted by molar-refractivity contribution is -0.0786. The molecular weight excluding hydrogens is 216 g/mol. The summed E-state index contributed by atoms with van der Waals surface area (Å²) in [5.41, 5.74) is 0.0959. The molecular formula is C14H26O3. The van der Waals surface area contributed by atoms with Crippen LogP contribution in [0.3, 0.4) is 0 Å². The summed E-state index contributed by atoms with van der Waals surface area (Å²) in [6.45, 7) is 12.2. The molecule has 0 amide bonds. The van der Waals surface area contributed by atoms with Crippen molar-refractivity contribution in [2.75, 3.05) is 13.2 Å². The van der Waals surface area contributed by atoms with Gasteiger partial charge in [-0.1, -0.05) is 6.92 Å². The molecule has 0 radical (unpaired) electrons. The molecule has 0 aromatic rings. The Hall–Kier alpha value is -0.120. The molecule has 0 aromatic heterocycles. The molecule has 1 aliphatic carbocycles. The van der Waals surface area contributed by atoms with Crippen molar-refractivity contribution < 1.29 is 14.2 Å². The van der Waals surface area contributed by atoms with Crippen molar-refractivity contribution in [3.8, 4) is 0 Å². The number of rotatable bonds is 5. The Labute approximate surface area is 105 Å². The van der Waals surface area contributed by atoms with E-state index in [1.807, 2.05) is 0 Å². The van der Waals surface area contributed by atoms with Crippen LogP contribution in [0.1, 0.15) is 41.0 Å². The molecule has 2 rings (SSSR count). The smallest absolute Gasteiger partial charge is 0.0943 e. The Morgan fingerprint density at radius 1 is 1.24 bits per heavy atom. The van der Waals surface area contributed by atoms with Crippen molar-refractivity contribution in [2.24, 2.45) is 11.3 Å². The van der Waals surface area contributed by atoms with Gasteiger partial charge in [-0.05, 0) is 40.0 Å². The van der Waals surface area contributed by atoms with E-state index >= 15 is 0 Å². The molecule has 1 aliphatic heterocycles. The molecule has 0 aromatic carbocycles. The Kier molecular flexibility index (Phi) is 3.81. The Bertz CT molecular complexity index is 264. The van der Waals surface area contributed by atoms with Crippen LogP contribution in [0.4, 0.5) is 0 Å². The van der Waals surface area contributed by atoms with Crippen LogP contribution in [0.15, 0.2) is 0 Å². The van der Waals surface area contributed by atoms with Gasteiger partial charge in [0.1, 0.15) is 0 Å². The maximum absolute atomic E-state index is 6.10. The van der Waals surface area contributed by atoms with Crippen molar-refractivity contribution in [3.63, 3.8) is 0 Å². The van der Waals surface area contributed by atoms with Gasteiger partial charge < -0.3 is 14.2 Å². The Morgan fingerprint density at radius 3 is 2.47 bits per heavy atom. The van der Waals surface area contributed by atoms with Crippen LogP contribution in [-0.4, -0.2) is 37.6 Å². The lowest BCUT2D eigenvalue weighted by Gasteiger charge is -2.31. The molecule has 3 nitrogen and oxygen atoms in total. The first-order chi connectivity index (χ1) is 7.94. The number of ether oxygens (including phenoxy) is 3. The van der Waals surface area contributed by atoms with Crippen molar-refractivity contribution in [1.29, 1.82) is 0 Å². The normalized spacial score (nSPS) is 40.8. The fourth-order valence-corrected chi connectivity index (χ4v) is 3.21. The van der Waals surface area contributed by atoms with Gasteiger partial charge >= 0.3 is 0 Å². The summed E-state index contributed by atoms with van der Waals surface area (Å²) in [6, 6.07) is 0. The van der Waals surface area contributed by atoms with Crippen LogP contribution in [-0.2, 0) is 14.2 Å². The van der Waals surface area contributed by atoms with Gasteiger partial charge in [0.05, 0.1) is 37.6 Å². The van der Waals surface area contributed by atoms with Gasteiger partial charge in [0.25, 0.3) is 0 Å². The zero-order chi connectivity index (χ0) is 12.6. The monoisotopic (exact) mass is 242 g/mol. The minimum atomic E-state index is 0.0959. The third-order valence-electron chi connectivity index (χ3n) is 3.88. The molecule has 0 spiro atoms. The maximum atomic E-state index is 6.10. The predicted molar refractivity (Wildman–Crippen MR) is 67.1 cm³/mol. The van der Waals surface area contributed by atoms with E-state index in [9.17, 15) is 0 Å². The Morgan fingerprint density at radius 2 is 1.94 bits per heavy atom. The minimum absolute atomic E-state index is 0.0959. The Balaban J connectivity index is 2.07. The topological polar surface area (TPSA) is 27.7 Å². The molecule has 3 heteroatoms. The van der Waals surface area contributed by atoms with Crippen LogP contribution in [0, 0.1) is 11.3 Å². The minimum Gasteiger partial charge on any atom is -0.378 e. The van der Waals surface area contributed by atoms with Crippen molar-refractivity contribution in [1.82, 2.24) is 0 Å². The van der Waals surface area contributed by atoms with Gasteiger partial charge in [-0.15, -0.1) is 0 Å². The molecule has 2 bridgehead atoms. The molecule has 4 atom stereocenters. The zero-order valence-corrected chi connectivity index (χ0v) is 11.7. The molecule has 2 aliphatic rings. The van der Waals surface area contributed by atoms with Gasteiger partial charge in [0.15, 0.2) is 0 Å². The van der Waals surface area contributed by atoms with Gasteiger partial charge in [-0.2, -0.15) is 0 Å². The second kappa shape index (κ2) is 4.87. The van der Waals surface area contributed by atoms with E-state index in [1.165, 1.54) is 6.42 Å². The fraction of sp³-hybridized carbons (Fsp3) is 1.00. The second-order valence-corrected chi connectivity index (χ2v) is 6.28. The summed E-state index contributed by atoms with van der Waals surface area (Å²) in [6.07, 6.45) is 2.19. The van der Waals surface area contributed by atoms with Crippen LogP contribution in [0.5, 0.6) is 0 Å². The third-order valence-corrected chi connectivity index (χ3v) is 3.88. The second-order valence-electron chi connectivity index (χ2n) is 6.28. The average Bonchev–Trinajstić information content (AvgIpc) is 2.67. The zero-order valence-electron chi connectivity index (χ0n) is 11.7. The van der Waals surface area contributed by atoms with E-state index in [1.54, 1.807) is 0 Å². The van der Waals surface area contributed by atoms with Gasteiger partial charge in [-0.3, -0.25) is 0 Å². The summed E-state index contributed by atoms with van der Waals surface area (Å²) in [5, 5.41) is 0. The molecule has 17 heavy (non-hydrogen) atoms. The SMILES string of the molecule is CC(C)OC[C@@]12CO[C@@H]([C@H](C)C1)[C@@H]2OC(C)C. The van der Waals surface area contributed by atoms with Crippen molar-refractivity contribution in [3.05, 3.63) is 0 Å². The van der Waals surface area contributed by atoms with Crippen molar-refractivity contribution in [2.45, 2.75) is 65.5 Å². The molecule has 100 valence electrons. The summed E-state index contributed by atoms with van der Waals surface area (Å²) in [5.74, 6) is 0.586. The molecule has 1 heterocycles. The van der Waals surface area contributed by atoms with Gasteiger partial charge in [0, 0.05) is 5.41 Å². The highest BCUT2D eigenvalue weighted by molar-refractivity contribution is 5.07. The largest absolute Gasteiger partial charge is 0.378 e. The fourth-order valence-electron chi connectivity index (χ4n) is 3.21. The highest BCUT2D eigenvalue weighted by Crippen LogP contribution is 2.51. The average molecular weight is 242 g/mol. The lowest BCUT2D eigenvalue weighted by atomic mass is 9.85. The highest BCUT2D eigenvalue weighted by Gasteiger charge is 2.59. The van der Waals surface area contributed by atoms with E-state index in [2.05, 4.69) is 34.6 Å². The van der Waals surface area contributed by atoms with Crippen LogP contribution >= 0.6 is 0 Å². The van der Waals surface area contributed by atoms with E-state index in [0.717, 1.165) is 13.2 Å². The van der Waals surface area contributed by atoms with E-state index < -0.39 is 0 Å². The summed E-state index contributed by atoms with van der Waals surface area (Å²) < 4.78 is 17.9.